The lowest BCUT2D eigenvalue weighted by Crippen LogP contribution is -2.59. The molecule has 5 nitrogen and oxygen atoms in total. The van der Waals surface area contributed by atoms with Crippen LogP contribution >= 0.6 is 0 Å². The van der Waals surface area contributed by atoms with Gasteiger partial charge in [0.15, 0.2) is 0 Å². The first-order valence-corrected chi connectivity index (χ1v) is 24.4. The molecule has 1 aliphatic heterocycles. The molecule has 2 aromatic heterocycles. The second-order valence-electron chi connectivity index (χ2n) is 22.3. The molecule has 10 rings (SSSR count). The first-order valence-electron chi connectivity index (χ1n) is 24.4. The van der Waals surface area contributed by atoms with Crippen molar-refractivity contribution >= 4 is 34.5 Å². The number of hydrogen-bond acceptors (Lipinski definition) is 4. The molecule has 0 unspecified atom stereocenters. The summed E-state index contributed by atoms with van der Waals surface area (Å²) in [5.41, 5.74) is 20.9. The van der Waals surface area contributed by atoms with Crippen molar-refractivity contribution in [3.05, 3.63) is 186 Å². The Bertz CT molecular complexity index is 3420. The summed E-state index contributed by atoms with van der Waals surface area (Å²) in [5.74, 6) is 0.954. The second-order valence-corrected chi connectivity index (χ2v) is 22.3. The number of aromatic hydroxyl groups is 1. The first kappa shape index (κ1) is 45.6. The zero-order chi connectivity index (χ0) is 48.7. The lowest BCUT2D eigenvalue weighted by molar-refractivity contribution is 0.446. The molecule has 1 aliphatic rings. The molecule has 0 bridgehead atoms. The average Bonchev–Trinajstić information content (AvgIpc) is 3.71. The van der Waals surface area contributed by atoms with Crippen molar-refractivity contribution in [1.82, 2.24) is 14.5 Å². The van der Waals surface area contributed by atoms with Crippen LogP contribution in [0.1, 0.15) is 90.1 Å². The number of imidazole rings is 1. The van der Waals surface area contributed by atoms with Crippen molar-refractivity contribution in [2.75, 3.05) is 11.9 Å². The summed E-state index contributed by atoms with van der Waals surface area (Å²) in [6.45, 7) is 24.5. The Morgan fingerprint density at radius 1 is 0.522 bits per heavy atom. The summed E-state index contributed by atoms with van der Waals surface area (Å²) in [6, 6.07) is 54.8. The smallest absolute Gasteiger partial charge is 0.324 e. The van der Waals surface area contributed by atoms with Gasteiger partial charge in [-0.1, -0.05) is 177 Å². The molecule has 0 aliphatic carbocycles. The van der Waals surface area contributed by atoms with Crippen LogP contribution in [-0.2, 0) is 16.2 Å². The van der Waals surface area contributed by atoms with Crippen LogP contribution in [0.15, 0.2) is 158 Å². The minimum absolute atomic E-state index is 0.0538. The van der Waals surface area contributed by atoms with E-state index in [0.29, 0.717) is 11.4 Å². The molecule has 1 N–H and O–H groups in total. The number of benzene rings is 7. The van der Waals surface area contributed by atoms with Gasteiger partial charge in [-0.3, -0.25) is 9.55 Å². The molecule has 3 heterocycles. The van der Waals surface area contributed by atoms with Crippen LogP contribution in [-0.4, -0.2) is 33.5 Å². The van der Waals surface area contributed by atoms with Gasteiger partial charge in [-0.2, -0.15) is 0 Å². The van der Waals surface area contributed by atoms with E-state index in [0.717, 1.165) is 78.2 Å². The number of hydrogen-bond donors (Lipinski definition) is 1. The predicted molar refractivity (Wildman–Crippen MR) is 293 cm³/mol. The quantitative estimate of drug-likeness (QED) is 0.169. The van der Waals surface area contributed by atoms with Crippen LogP contribution in [0, 0.1) is 13.8 Å². The van der Waals surface area contributed by atoms with E-state index in [9.17, 15) is 5.11 Å². The Morgan fingerprint density at radius 3 is 1.81 bits per heavy atom. The molecular formula is C63H63BN4O. The van der Waals surface area contributed by atoms with E-state index in [1.807, 2.05) is 6.20 Å². The normalized spacial score (nSPS) is 12.9. The van der Waals surface area contributed by atoms with Crippen molar-refractivity contribution in [2.24, 2.45) is 0 Å². The van der Waals surface area contributed by atoms with Gasteiger partial charge >= 0.3 is 6.85 Å². The fourth-order valence-corrected chi connectivity index (χ4v) is 10.5. The van der Waals surface area contributed by atoms with Crippen LogP contribution in [0.3, 0.4) is 0 Å². The Morgan fingerprint density at radius 2 is 1.16 bits per heavy atom. The Labute approximate surface area is 409 Å². The maximum atomic E-state index is 12.8. The van der Waals surface area contributed by atoms with Gasteiger partial charge in [-0.25, -0.2) is 4.98 Å². The number of aromatic nitrogens is 3. The zero-order valence-corrected chi connectivity index (χ0v) is 42.3. The van der Waals surface area contributed by atoms with E-state index in [1.54, 1.807) is 0 Å². The van der Waals surface area contributed by atoms with Gasteiger partial charge in [0.1, 0.15) is 11.6 Å². The summed E-state index contributed by atoms with van der Waals surface area (Å²) >= 11 is 0. The van der Waals surface area contributed by atoms with E-state index < -0.39 is 0 Å². The molecule has 0 fully saturated rings. The van der Waals surface area contributed by atoms with Crippen LogP contribution in [0.25, 0.3) is 72.7 Å². The minimum Gasteiger partial charge on any atom is -0.507 e. The van der Waals surface area contributed by atoms with E-state index in [2.05, 4.69) is 244 Å². The average molecular weight is 903 g/mol. The van der Waals surface area contributed by atoms with Crippen molar-refractivity contribution in [1.29, 1.82) is 0 Å². The maximum absolute atomic E-state index is 12.8. The number of aryl methyl sites for hydroxylation is 2. The highest BCUT2D eigenvalue weighted by Crippen LogP contribution is 2.48. The first-order chi connectivity index (χ1) is 32.8. The van der Waals surface area contributed by atoms with Crippen LogP contribution in [0.2, 0.25) is 0 Å². The van der Waals surface area contributed by atoms with Gasteiger partial charge in [-0.05, 0) is 130 Å². The number of rotatable bonds is 6. The lowest BCUT2D eigenvalue weighted by Gasteiger charge is -2.37. The SMILES string of the molecule is Cc1cccc(C)c1B1c2ccc(-c3cc(-c4ccccc4)ccn3)cc2-c2c(ccc3c2nc(-c2cc(C(C)(C)C)cc(C(C)(C)C)c2O)n3-c2ccc(C(C)(C)C)cc2-c2ccccc2)N1C. The molecule has 344 valence electrons. The molecule has 7 aromatic carbocycles. The lowest BCUT2D eigenvalue weighted by atomic mass is 9.44. The highest BCUT2D eigenvalue weighted by molar-refractivity contribution is 6.90. The second kappa shape index (κ2) is 16.8. The Hall–Kier alpha value is -7.18. The minimum atomic E-state index is -0.341. The fraction of sp³-hybridized carbons (Fsp3) is 0.238. The summed E-state index contributed by atoms with van der Waals surface area (Å²) in [6.07, 6.45) is 1.92. The Kier molecular flexibility index (Phi) is 11.1. The van der Waals surface area contributed by atoms with E-state index >= 15 is 0 Å². The monoisotopic (exact) mass is 903 g/mol. The predicted octanol–water partition coefficient (Wildman–Crippen LogP) is 14.5. The Balaban J connectivity index is 1.33. The van der Waals surface area contributed by atoms with Gasteiger partial charge in [0.25, 0.3) is 0 Å². The maximum Gasteiger partial charge on any atom is 0.324 e. The summed E-state index contributed by atoms with van der Waals surface area (Å²) < 4.78 is 2.32. The molecule has 0 saturated carbocycles. The van der Waals surface area contributed by atoms with Gasteiger partial charge in [0.2, 0.25) is 0 Å². The van der Waals surface area contributed by atoms with Gasteiger partial charge in [0.05, 0.1) is 28.0 Å². The third-order valence-corrected chi connectivity index (χ3v) is 14.4. The topological polar surface area (TPSA) is 54.2 Å². The van der Waals surface area contributed by atoms with Crippen LogP contribution < -0.4 is 15.7 Å². The highest BCUT2D eigenvalue weighted by atomic mass is 16.3. The number of anilines is 1. The number of phenols is 1. The van der Waals surface area contributed by atoms with Crippen molar-refractivity contribution in [3.8, 4) is 67.5 Å². The molecule has 0 spiro atoms. The van der Waals surface area contributed by atoms with Gasteiger partial charge in [0, 0.05) is 34.1 Å². The van der Waals surface area contributed by atoms with Crippen molar-refractivity contribution < 1.29 is 5.11 Å². The van der Waals surface area contributed by atoms with Gasteiger partial charge < -0.3 is 9.92 Å². The molecule has 9 aromatic rings. The van der Waals surface area contributed by atoms with Gasteiger partial charge in [-0.15, -0.1) is 0 Å². The fourth-order valence-electron chi connectivity index (χ4n) is 10.5. The van der Waals surface area contributed by atoms with Crippen LogP contribution in [0.4, 0.5) is 5.69 Å². The number of fused-ring (bicyclic) bond motifs is 5. The number of nitrogens with zero attached hydrogens (tertiary/aromatic N) is 4. The largest absolute Gasteiger partial charge is 0.507 e. The molecule has 0 atom stereocenters. The van der Waals surface area contributed by atoms with Crippen LogP contribution in [0.5, 0.6) is 5.75 Å². The van der Waals surface area contributed by atoms with Crippen molar-refractivity contribution in [3.63, 3.8) is 0 Å². The van der Waals surface area contributed by atoms with E-state index in [-0.39, 0.29) is 28.8 Å². The highest BCUT2D eigenvalue weighted by Gasteiger charge is 2.39. The van der Waals surface area contributed by atoms with E-state index in [1.165, 1.54) is 27.6 Å². The third-order valence-electron chi connectivity index (χ3n) is 14.4. The van der Waals surface area contributed by atoms with E-state index in [4.69, 9.17) is 9.97 Å². The molecule has 0 saturated heterocycles. The summed E-state index contributed by atoms with van der Waals surface area (Å²) in [7, 11) is 2.23. The standard InChI is InChI=1S/C63H63BN4O/c1-39-20-19-21-40(2)57(39)64-51-28-26-44(52-35-43(32-33-65-52)41-22-15-13-16-23-41)34-48(51)56-54(67(64)12)30-31-55-58(56)66-60(49-37-46(62(6,7)8)38-50(59(49)69)63(9,10)11)68(55)53-29-27-45(61(3,4)5)36-47(53)42-24-17-14-18-25-42/h13-38,69H,1-12H3. The summed E-state index contributed by atoms with van der Waals surface area (Å²) in [5, 5.41) is 12.8. The zero-order valence-electron chi connectivity index (χ0n) is 42.3. The summed E-state index contributed by atoms with van der Waals surface area (Å²) in [4.78, 5) is 13.3. The molecule has 0 amide bonds. The molecule has 69 heavy (non-hydrogen) atoms. The number of pyridine rings is 1. The molecular weight excluding hydrogens is 840 g/mol. The molecule has 6 heteroatoms. The number of phenolic OH excluding ortho intramolecular Hbond substituents is 1. The van der Waals surface area contributed by atoms with Crippen molar-refractivity contribution in [2.45, 2.75) is 92.4 Å². The third kappa shape index (κ3) is 8.04. The molecule has 0 radical (unpaired) electrons.